The van der Waals surface area contributed by atoms with Gasteiger partial charge in [-0.15, -0.1) is 0 Å². The minimum absolute atomic E-state index is 0.0759. The van der Waals surface area contributed by atoms with E-state index < -0.39 is 8.32 Å². The van der Waals surface area contributed by atoms with Crippen molar-refractivity contribution in [1.82, 2.24) is 4.90 Å². The van der Waals surface area contributed by atoms with Crippen molar-refractivity contribution in [1.29, 1.82) is 0 Å². The predicted molar refractivity (Wildman–Crippen MR) is 167 cm³/mol. The molecule has 1 amide bonds. The zero-order chi connectivity index (χ0) is 29.4. The molecule has 3 rings (SSSR count). The van der Waals surface area contributed by atoms with Gasteiger partial charge in [0, 0.05) is 6.54 Å². The first-order valence-corrected chi connectivity index (χ1v) is 17.7. The van der Waals surface area contributed by atoms with E-state index in [1.54, 1.807) is 0 Å². The second-order valence-electron chi connectivity index (χ2n) is 14.0. The number of hydrogen-bond acceptors (Lipinski definition) is 3. The minimum atomic E-state index is -2.14. The van der Waals surface area contributed by atoms with E-state index in [-0.39, 0.29) is 30.3 Å². The summed E-state index contributed by atoms with van der Waals surface area (Å²) in [5, 5.41) is 0. The Bertz CT molecular complexity index is 974. The monoisotopic (exact) mass is 555 g/mol. The van der Waals surface area contributed by atoms with Crippen molar-refractivity contribution >= 4 is 14.2 Å². The number of benzene rings is 1. The van der Waals surface area contributed by atoms with Crippen molar-refractivity contribution in [2.75, 3.05) is 6.54 Å². The van der Waals surface area contributed by atoms with Crippen LogP contribution in [0.3, 0.4) is 0 Å². The zero-order valence-corrected chi connectivity index (χ0v) is 28.2. The second-order valence-corrected chi connectivity index (χ2v) is 19.4. The Morgan fingerprint density at radius 3 is 1.74 bits per heavy atom. The van der Waals surface area contributed by atoms with E-state index in [1.165, 1.54) is 22.3 Å². The van der Waals surface area contributed by atoms with Crippen LogP contribution >= 0.6 is 0 Å². The molecule has 0 aliphatic carbocycles. The van der Waals surface area contributed by atoms with Gasteiger partial charge in [-0.2, -0.15) is 0 Å². The number of carbonyl (C=O) groups excluding carboxylic acids is 1. The third kappa shape index (κ3) is 6.26. The molecule has 4 atom stereocenters. The summed E-state index contributed by atoms with van der Waals surface area (Å²) in [5.41, 5.74) is 6.91. The van der Waals surface area contributed by atoms with Gasteiger partial charge in [0.25, 0.3) is 0 Å². The lowest BCUT2D eigenvalue weighted by atomic mass is 9.82. The summed E-state index contributed by atoms with van der Waals surface area (Å²) in [5.74, 6) is 1.45. The number of amides is 1. The fourth-order valence-corrected chi connectivity index (χ4v) is 13.0. The van der Waals surface area contributed by atoms with Gasteiger partial charge in [-0.05, 0) is 63.6 Å². The molecule has 1 aromatic rings. The topological polar surface area (TPSA) is 38.8 Å². The quantitative estimate of drug-likeness (QED) is 0.202. The van der Waals surface area contributed by atoms with Crippen LogP contribution in [0.4, 0.5) is 0 Å². The van der Waals surface area contributed by atoms with Crippen LogP contribution in [0.25, 0.3) is 0 Å². The molecule has 0 saturated carbocycles. The van der Waals surface area contributed by atoms with Crippen LogP contribution in [-0.4, -0.2) is 43.9 Å². The molecule has 1 aromatic carbocycles. The van der Waals surface area contributed by atoms with Gasteiger partial charge in [0.05, 0.1) is 30.8 Å². The number of ether oxygens (including phenoxy) is 1. The van der Waals surface area contributed by atoms with Crippen LogP contribution < -0.4 is 0 Å². The smallest absolute Gasteiger partial charge is 0.225 e. The van der Waals surface area contributed by atoms with Gasteiger partial charge in [0.2, 0.25) is 14.2 Å². The lowest BCUT2D eigenvalue weighted by Crippen LogP contribution is -2.57. The molecule has 39 heavy (non-hydrogen) atoms. The molecule has 0 radical (unpaired) electrons. The van der Waals surface area contributed by atoms with Gasteiger partial charge in [-0.25, -0.2) is 0 Å². The summed E-state index contributed by atoms with van der Waals surface area (Å²) < 4.78 is 14.3. The van der Waals surface area contributed by atoms with Crippen LogP contribution in [-0.2, 0) is 14.0 Å². The Morgan fingerprint density at radius 1 is 0.795 bits per heavy atom. The SMILES string of the molecule is CC(C)c1cc(C(C)C)c(C(C)O[C@@H]2CC(=O)N3CC=C[C@@H](O[Si](C(C)C)(C(C)C)C(C)C)[C@H]23)c(C(C)C)c1. The van der Waals surface area contributed by atoms with Crippen molar-refractivity contribution in [3.63, 3.8) is 0 Å². The summed E-state index contributed by atoms with van der Waals surface area (Å²) in [6.07, 6.45) is 4.36. The highest BCUT2D eigenvalue weighted by molar-refractivity contribution is 6.77. The number of carbonyl (C=O) groups is 1. The maximum Gasteiger partial charge on any atom is 0.225 e. The highest BCUT2D eigenvalue weighted by Gasteiger charge is 2.52. The van der Waals surface area contributed by atoms with E-state index in [0.717, 1.165) is 0 Å². The van der Waals surface area contributed by atoms with Crippen molar-refractivity contribution in [3.05, 3.63) is 46.5 Å². The van der Waals surface area contributed by atoms with Gasteiger partial charge in [-0.1, -0.05) is 107 Å². The zero-order valence-electron chi connectivity index (χ0n) is 27.2. The molecule has 5 heteroatoms. The Labute approximate surface area is 241 Å². The van der Waals surface area contributed by atoms with Gasteiger partial charge >= 0.3 is 0 Å². The third-order valence-corrected chi connectivity index (χ3v) is 15.5. The molecule has 220 valence electrons. The van der Waals surface area contributed by atoms with Crippen LogP contribution in [0, 0.1) is 0 Å². The van der Waals surface area contributed by atoms with Crippen molar-refractivity contribution in [3.8, 4) is 0 Å². The summed E-state index contributed by atoms with van der Waals surface area (Å²) in [4.78, 5) is 15.3. The van der Waals surface area contributed by atoms with Crippen LogP contribution in [0.15, 0.2) is 24.3 Å². The summed E-state index contributed by atoms with van der Waals surface area (Å²) in [6.45, 7) is 30.5. The molecule has 1 fully saturated rings. The third-order valence-electron chi connectivity index (χ3n) is 9.41. The second kappa shape index (κ2) is 12.6. The van der Waals surface area contributed by atoms with Gasteiger partial charge in [0.15, 0.2) is 0 Å². The van der Waals surface area contributed by atoms with E-state index >= 15 is 0 Å². The number of fused-ring (bicyclic) bond motifs is 1. The van der Waals surface area contributed by atoms with Crippen LogP contribution in [0.2, 0.25) is 16.6 Å². The molecular weight excluding hydrogens is 498 g/mol. The highest BCUT2D eigenvalue weighted by Crippen LogP contribution is 2.46. The first kappa shape index (κ1) is 32.1. The molecule has 1 saturated heterocycles. The van der Waals surface area contributed by atoms with E-state index in [1.807, 2.05) is 4.90 Å². The van der Waals surface area contributed by atoms with Crippen LogP contribution in [0.5, 0.6) is 0 Å². The lowest BCUT2D eigenvalue weighted by molar-refractivity contribution is -0.129. The molecule has 2 aliphatic rings. The number of rotatable bonds is 11. The Kier molecular flexibility index (Phi) is 10.4. The standard InChI is InChI=1S/C34H57NO3Si/c1-20(2)27-17-28(21(3)4)33(29(18-27)22(5)6)26(13)37-31-19-32(36)35-16-14-15-30(34(31)35)38-39(23(7)8,24(9)10)25(11)12/h14-15,17-18,20-26,30-31,34H,16,19H2,1-13H3/t26?,30-,31-,34-/m1/s1. The number of nitrogens with zero attached hydrogens (tertiary/aromatic N) is 1. The summed E-state index contributed by atoms with van der Waals surface area (Å²) >= 11 is 0. The molecule has 0 bridgehead atoms. The maximum absolute atomic E-state index is 13.3. The van der Waals surface area contributed by atoms with Crippen molar-refractivity contribution in [2.45, 2.75) is 155 Å². The highest BCUT2D eigenvalue weighted by atomic mass is 28.4. The average Bonchev–Trinajstić information content (AvgIpc) is 3.16. The summed E-state index contributed by atoms with van der Waals surface area (Å²) in [7, 11) is -2.14. The molecule has 0 spiro atoms. The average molecular weight is 556 g/mol. The molecule has 0 aromatic heterocycles. The number of hydrogen-bond donors (Lipinski definition) is 0. The van der Waals surface area contributed by atoms with Crippen LogP contribution in [0.1, 0.15) is 143 Å². The minimum Gasteiger partial charge on any atom is -0.408 e. The van der Waals surface area contributed by atoms with Gasteiger partial charge in [-0.3, -0.25) is 4.79 Å². The Balaban J connectivity index is 2.01. The van der Waals surface area contributed by atoms with Crippen molar-refractivity contribution < 1.29 is 14.0 Å². The maximum atomic E-state index is 13.3. The summed E-state index contributed by atoms with van der Waals surface area (Å²) in [6, 6.07) is 4.71. The molecule has 1 unspecified atom stereocenters. The fourth-order valence-electron chi connectivity index (χ4n) is 7.50. The van der Waals surface area contributed by atoms with E-state index in [2.05, 4.69) is 114 Å². The van der Waals surface area contributed by atoms with E-state index in [0.29, 0.717) is 47.3 Å². The molecule has 2 aliphatic heterocycles. The molecule has 4 nitrogen and oxygen atoms in total. The largest absolute Gasteiger partial charge is 0.408 e. The van der Waals surface area contributed by atoms with E-state index in [9.17, 15) is 4.79 Å². The Morgan fingerprint density at radius 2 is 1.31 bits per heavy atom. The molecule has 0 N–H and O–H groups in total. The molecular formula is C34H57NO3Si. The first-order chi connectivity index (χ1) is 18.1. The van der Waals surface area contributed by atoms with Gasteiger partial charge in [0.1, 0.15) is 0 Å². The fraction of sp³-hybridized carbons (Fsp3) is 0.735. The Hall–Kier alpha value is -1.43. The normalized spacial score (nSPS) is 22.9. The van der Waals surface area contributed by atoms with Crippen molar-refractivity contribution in [2.24, 2.45) is 0 Å². The predicted octanol–water partition coefficient (Wildman–Crippen LogP) is 9.23. The molecule has 2 heterocycles. The first-order valence-electron chi connectivity index (χ1n) is 15.6. The van der Waals surface area contributed by atoms with E-state index in [4.69, 9.17) is 9.16 Å². The lowest BCUT2D eigenvalue weighted by Gasteiger charge is -2.47. The van der Waals surface area contributed by atoms with Gasteiger partial charge < -0.3 is 14.1 Å².